The highest BCUT2D eigenvalue weighted by Crippen LogP contribution is 2.37. The number of carbonyl (C=O) groups is 1. The molecule has 0 radical (unpaired) electrons. The van der Waals surface area contributed by atoms with E-state index in [1.807, 2.05) is 0 Å². The lowest BCUT2D eigenvalue weighted by Crippen LogP contribution is -2.28. The minimum atomic E-state index is -1.22. The molecule has 0 aliphatic carbocycles. The predicted octanol–water partition coefficient (Wildman–Crippen LogP) is 6.90. The molecular formula is C26H28BrF2N5O3Si. The van der Waals surface area contributed by atoms with Gasteiger partial charge in [0.15, 0.2) is 17.4 Å². The first-order chi connectivity index (χ1) is 18.1. The van der Waals surface area contributed by atoms with Gasteiger partial charge in [0.1, 0.15) is 18.1 Å². The van der Waals surface area contributed by atoms with Gasteiger partial charge < -0.3 is 24.7 Å². The molecule has 200 valence electrons. The third kappa shape index (κ3) is 7.15. The Morgan fingerprint density at radius 2 is 1.87 bits per heavy atom. The van der Waals surface area contributed by atoms with Crippen LogP contribution in [0.1, 0.15) is 5.69 Å². The first kappa shape index (κ1) is 27.7. The van der Waals surface area contributed by atoms with Crippen LogP contribution in [0.25, 0.3) is 11.0 Å². The molecule has 0 fully saturated rings. The van der Waals surface area contributed by atoms with Crippen LogP contribution in [0, 0.1) is 11.6 Å². The largest absolute Gasteiger partial charge is 0.450 e. The minimum Gasteiger partial charge on any atom is -0.450 e. The molecular weight excluding hydrogens is 576 g/mol. The highest BCUT2D eigenvalue weighted by Gasteiger charge is 2.19. The summed E-state index contributed by atoms with van der Waals surface area (Å²) in [6.45, 7) is 7.93. The van der Waals surface area contributed by atoms with Crippen LogP contribution in [0.4, 0.5) is 19.3 Å². The molecule has 0 saturated carbocycles. The van der Waals surface area contributed by atoms with E-state index in [1.165, 1.54) is 12.3 Å². The zero-order valence-electron chi connectivity index (χ0n) is 21.2. The van der Waals surface area contributed by atoms with Gasteiger partial charge in [-0.2, -0.15) is 0 Å². The molecule has 3 heterocycles. The third-order valence-corrected chi connectivity index (χ3v) is 7.83. The van der Waals surface area contributed by atoms with Crippen molar-refractivity contribution in [3.05, 3.63) is 76.8 Å². The second-order valence-corrected chi connectivity index (χ2v) is 16.3. The summed E-state index contributed by atoms with van der Waals surface area (Å²) in [5.41, 5.74) is 1.13. The van der Waals surface area contributed by atoms with Gasteiger partial charge in [0.25, 0.3) is 0 Å². The Morgan fingerprint density at radius 3 is 2.55 bits per heavy atom. The molecule has 38 heavy (non-hydrogen) atoms. The normalized spacial score (nSPS) is 11.5. The highest BCUT2D eigenvalue weighted by molar-refractivity contribution is 9.10. The standard InChI is InChI=1S/C26H28BrF2N5O3Si/c1-38(2,3)11-10-36-16-34-15-19(27)23-22(7-9-31-25(23)34)37-24-20(28)12-18(13-21(24)29)33-26(35)32-14-17-6-4-5-8-30-17/h4-9,12-13,15H,10-11,14,16H2,1-3H3,(H2,32,33,35). The van der Waals surface area contributed by atoms with Crippen molar-refractivity contribution in [2.24, 2.45) is 0 Å². The van der Waals surface area contributed by atoms with Crippen molar-refractivity contribution in [2.45, 2.75) is 39.0 Å². The average Bonchev–Trinajstić information content (AvgIpc) is 3.19. The molecule has 4 aromatic rings. The Bertz CT molecular complexity index is 1410. The fourth-order valence-electron chi connectivity index (χ4n) is 3.55. The Labute approximate surface area is 228 Å². The number of hydrogen-bond acceptors (Lipinski definition) is 5. The number of rotatable bonds is 10. The van der Waals surface area contributed by atoms with Gasteiger partial charge in [-0.15, -0.1) is 0 Å². The number of urea groups is 1. The van der Waals surface area contributed by atoms with E-state index in [0.717, 1.165) is 18.2 Å². The SMILES string of the molecule is C[Si](C)(C)CCOCn1cc(Br)c2c(Oc3c(F)cc(NC(=O)NCc4ccccn4)cc3F)ccnc21. The van der Waals surface area contributed by atoms with E-state index < -0.39 is 31.5 Å². The van der Waals surface area contributed by atoms with Crippen molar-refractivity contribution in [3.63, 3.8) is 0 Å². The van der Waals surface area contributed by atoms with Crippen molar-refractivity contribution < 1.29 is 23.0 Å². The second kappa shape index (κ2) is 12.0. The zero-order chi connectivity index (χ0) is 27.3. The summed E-state index contributed by atoms with van der Waals surface area (Å²) < 4.78 is 43.8. The van der Waals surface area contributed by atoms with E-state index in [9.17, 15) is 13.6 Å². The molecule has 0 aliphatic heterocycles. The highest BCUT2D eigenvalue weighted by atomic mass is 79.9. The van der Waals surface area contributed by atoms with Crippen molar-refractivity contribution in [1.82, 2.24) is 19.9 Å². The molecule has 0 atom stereocenters. The van der Waals surface area contributed by atoms with Gasteiger partial charge >= 0.3 is 6.03 Å². The minimum absolute atomic E-state index is 0.0615. The summed E-state index contributed by atoms with van der Waals surface area (Å²) >= 11 is 3.49. The van der Waals surface area contributed by atoms with Crippen LogP contribution in [-0.2, 0) is 18.0 Å². The summed E-state index contributed by atoms with van der Waals surface area (Å²) in [4.78, 5) is 20.7. The molecule has 0 bridgehead atoms. The van der Waals surface area contributed by atoms with E-state index in [-0.39, 0.29) is 24.7 Å². The quantitative estimate of drug-likeness (QED) is 0.152. The summed E-state index contributed by atoms with van der Waals surface area (Å²) in [6, 6.07) is 9.21. The second-order valence-electron chi connectivity index (χ2n) is 9.80. The number of aromatic nitrogens is 3. The molecule has 0 saturated heterocycles. The molecule has 3 aromatic heterocycles. The molecule has 1 aromatic carbocycles. The average molecular weight is 605 g/mol. The number of amides is 2. The van der Waals surface area contributed by atoms with E-state index in [0.29, 0.717) is 27.8 Å². The lowest BCUT2D eigenvalue weighted by Gasteiger charge is -2.15. The topological polar surface area (TPSA) is 90.3 Å². The van der Waals surface area contributed by atoms with Gasteiger partial charge in [0, 0.05) is 55.6 Å². The number of fused-ring (bicyclic) bond motifs is 1. The Kier molecular flexibility index (Phi) is 8.75. The Hall–Kier alpha value is -3.35. The van der Waals surface area contributed by atoms with Crippen molar-refractivity contribution in [2.75, 3.05) is 11.9 Å². The first-order valence-corrected chi connectivity index (χ1v) is 16.4. The van der Waals surface area contributed by atoms with E-state index in [1.54, 1.807) is 35.2 Å². The molecule has 0 spiro atoms. The molecule has 0 aliphatic rings. The zero-order valence-corrected chi connectivity index (χ0v) is 23.8. The van der Waals surface area contributed by atoms with Gasteiger partial charge in [-0.1, -0.05) is 25.7 Å². The van der Waals surface area contributed by atoms with Crippen LogP contribution in [0.3, 0.4) is 0 Å². The maximum atomic E-state index is 14.9. The summed E-state index contributed by atoms with van der Waals surface area (Å²) in [5.74, 6) is -2.32. The van der Waals surface area contributed by atoms with Gasteiger partial charge in [-0.3, -0.25) is 4.98 Å². The van der Waals surface area contributed by atoms with Gasteiger partial charge in [-0.25, -0.2) is 18.6 Å². The number of ether oxygens (including phenoxy) is 2. The van der Waals surface area contributed by atoms with Crippen LogP contribution in [0.5, 0.6) is 11.5 Å². The van der Waals surface area contributed by atoms with E-state index >= 15 is 0 Å². The summed E-state index contributed by atoms with van der Waals surface area (Å²) in [6.07, 6.45) is 4.90. The molecule has 12 heteroatoms. The van der Waals surface area contributed by atoms with Crippen LogP contribution >= 0.6 is 15.9 Å². The monoisotopic (exact) mass is 603 g/mol. The van der Waals surface area contributed by atoms with Crippen molar-refractivity contribution in [1.29, 1.82) is 0 Å². The summed E-state index contributed by atoms with van der Waals surface area (Å²) in [5, 5.41) is 5.55. The number of carbonyl (C=O) groups excluding carboxylic acids is 1. The molecule has 4 rings (SSSR count). The van der Waals surface area contributed by atoms with Crippen molar-refractivity contribution in [3.8, 4) is 11.5 Å². The van der Waals surface area contributed by atoms with Gasteiger partial charge in [0.05, 0.1) is 17.6 Å². The lowest BCUT2D eigenvalue weighted by molar-refractivity contribution is 0.0898. The maximum absolute atomic E-state index is 14.9. The van der Waals surface area contributed by atoms with Crippen LogP contribution in [0.2, 0.25) is 25.7 Å². The number of benzene rings is 1. The number of anilines is 1. The Morgan fingerprint density at radius 1 is 1.11 bits per heavy atom. The maximum Gasteiger partial charge on any atom is 0.319 e. The van der Waals surface area contributed by atoms with Crippen LogP contribution < -0.4 is 15.4 Å². The molecule has 8 nitrogen and oxygen atoms in total. The fourth-order valence-corrected chi connectivity index (χ4v) is 4.93. The predicted molar refractivity (Wildman–Crippen MR) is 148 cm³/mol. The smallest absolute Gasteiger partial charge is 0.319 e. The van der Waals surface area contributed by atoms with Crippen LogP contribution in [0.15, 0.2) is 59.5 Å². The molecule has 0 unspecified atom stereocenters. The van der Waals surface area contributed by atoms with E-state index in [2.05, 4.69) is 56.2 Å². The molecule has 2 N–H and O–H groups in total. The summed E-state index contributed by atoms with van der Waals surface area (Å²) in [7, 11) is -1.22. The third-order valence-electron chi connectivity index (χ3n) is 5.52. The Balaban J connectivity index is 1.46. The number of nitrogens with one attached hydrogen (secondary N) is 2. The number of halogens is 3. The van der Waals surface area contributed by atoms with Crippen molar-refractivity contribution >= 4 is 46.8 Å². The number of hydrogen-bond donors (Lipinski definition) is 2. The van der Waals surface area contributed by atoms with Crippen LogP contribution in [-0.4, -0.2) is 35.2 Å². The first-order valence-electron chi connectivity index (χ1n) is 11.9. The fraction of sp³-hybridized carbons (Fsp3) is 0.269. The van der Waals surface area contributed by atoms with Gasteiger partial charge in [-0.05, 0) is 40.2 Å². The number of pyridine rings is 2. The lowest BCUT2D eigenvalue weighted by atomic mass is 10.2. The molecule has 2 amide bonds. The van der Waals surface area contributed by atoms with Gasteiger partial charge in [0.2, 0.25) is 0 Å². The van der Waals surface area contributed by atoms with E-state index in [4.69, 9.17) is 9.47 Å². The number of nitrogens with zero attached hydrogens (tertiary/aromatic N) is 3.